The lowest BCUT2D eigenvalue weighted by atomic mass is 10.0. The van der Waals surface area contributed by atoms with Gasteiger partial charge in [0.25, 0.3) is 5.69 Å². The smallest absolute Gasteiger partial charge is 0.258 e. The number of hydrazine groups is 2. The van der Waals surface area contributed by atoms with Crippen LogP contribution < -0.4 is 16.4 Å². The van der Waals surface area contributed by atoms with Crippen LogP contribution in [0.15, 0.2) is 24.3 Å². The van der Waals surface area contributed by atoms with E-state index in [0.29, 0.717) is 5.56 Å². The first-order valence-electron chi connectivity index (χ1n) is 4.62. The van der Waals surface area contributed by atoms with Crippen LogP contribution >= 0.6 is 0 Å². The van der Waals surface area contributed by atoms with Gasteiger partial charge in [0.2, 0.25) is 0 Å². The van der Waals surface area contributed by atoms with Gasteiger partial charge in [0.1, 0.15) is 6.04 Å². The van der Waals surface area contributed by atoms with Crippen molar-refractivity contribution in [3.63, 3.8) is 0 Å². The van der Waals surface area contributed by atoms with E-state index in [-0.39, 0.29) is 11.7 Å². The van der Waals surface area contributed by atoms with Gasteiger partial charge in [-0.25, -0.2) is 10.9 Å². The lowest BCUT2D eigenvalue weighted by molar-refractivity contribution is -0.384. The van der Waals surface area contributed by atoms with Gasteiger partial charge in [-0.2, -0.15) is 10.8 Å². The molecular formula is C9H9N5O2. The molecule has 7 heteroatoms. The summed E-state index contributed by atoms with van der Waals surface area (Å²) in [5, 5.41) is 19.5. The van der Waals surface area contributed by atoms with Crippen LogP contribution in [0.25, 0.3) is 0 Å². The van der Waals surface area contributed by atoms with Crippen molar-refractivity contribution < 1.29 is 4.92 Å². The maximum absolute atomic E-state index is 10.6. The number of benzene rings is 1. The topological polar surface area (TPSA) is 103 Å². The Morgan fingerprint density at radius 3 is 2.94 bits per heavy atom. The average Bonchev–Trinajstić information content (AvgIpc) is 2.77. The highest BCUT2D eigenvalue weighted by Gasteiger charge is 2.28. The van der Waals surface area contributed by atoms with Gasteiger partial charge >= 0.3 is 0 Å². The van der Waals surface area contributed by atoms with Crippen LogP contribution in [0.3, 0.4) is 0 Å². The lowest BCUT2D eigenvalue weighted by Gasteiger charge is -2.11. The Balaban J connectivity index is 2.30. The van der Waals surface area contributed by atoms with Gasteiger partial charge in [-0.05, 0) is 5.56 Å². The molecule has 1 heterocycles. The Hall–Kier alpha value is -2.01. The highest BCUT2D eigenvalue weighted by Crippen LogP contribution is 2.22. The van der Waals surface area contributed by atoms with Crippen LogP contribution in [-0.4, -0.2) is 11.0 Å². The summed E-state index contributed by atoms with van der Waals surface area (Å²) in [6.45, 7) is 0. The summed E-state index contributed by atoms with van der Waals surface area (Å²) in [5.74, 6) is 0. The zero-order chi connectivity index (χ0) is 11.5. The fraction of sp³-hybridized carbons (Fsp3) is 0.222. The SMILES string of the molecule is N#CC1NNNC1c1cccc([N+](=O)[O-])c1. The number of nitriles is 1. The van der Waals surface area contributed by atoms with Gasteiger partial charge in [0, 0.05) is 12.1 Å². The van der Waals surface area contributed by atoms with E-state index in [9.17, 15) is 10.1 Å². The van der Waals surface area contributed by atoms with Gasteiger partial charge < -0.3 is 0 Å². The average molecular weight is 219 g/mol. The van der Waals surface area contributed by atoms with Crippen LogP contribution in [0, 0.1) is 21.4 Å². The van der Waals surface area contributed by atoms with Gasteiger partial charge in [-0.1, -0.05) is 12.1 Å². The largest absolute Gasteiger partial charge is 0.269 e. The quantitative estimate of drug-likeness (QED) is 0.483. The number of nitrogens with one attached hydrogen (secondary N) is 3. The third kappa shape index (κ3) is 1.85. The number of hydrogen-bond acceptors (Lipinski definition) is 6. The third-order valence-electron chi connectivity index (χ3n) is 2.37. The second-order valence-electron chi connectivity index (χ2n) is 3.35. The number of non-ortho nitro benzene ring substituents is 1. The number of rotatable bonds is 2. The van der Waals surface area contributed by atoms with Crippen molar-refractivity contribution >= 4 is 5.69 Å². The molecule has 0 spiro atoms. The summed E-state index contributed by atoms with van der Waals surface area (Å²) in [4.78, 5) is 10.2. The number of nitrogens with zero attached hydrogens (tertiary/aromatic N) is 2. The monoisotopic (exact) mass is 219 g/mol. The van der Waals surface area contributed by atoms with Crippen LogP contribution in [0.1, 0.15) is 11.6 Å². The molecule has 3 N–H and O–H groups in total. The Morgan fingerprint density at radius 1 is 1.44 bits per heavy atom. The molecule has 2 atom stereocenters. The summed E-state index contributed by atoms with van der Waals surface area (Å²) < 4.78 is 0. The minimum Gasteiger partial charge on any atom is -0.258 e. The van der Waals surface area contributed by atoms with E-state index in [4.69, 9.17) is 5.26 Å². The van der Waals surface area contributed by atoms with Gasteiger partial charge in [-0.3, -0.25) is 10.1 Å². The standard InChI is InChI=1S/C9H9N5O2/c10-5-8-9(12-13-11-8)6-2-1-3-7(4-6)14(15)16/h1-4,8-9,11-13H. The van der Waals surface area contributed by atoms with Crippen molar-refractivity contribution in [2.45, 2.75) is 12.1 Å². The van der Waals surface area contributed by atoms with Crippen molar-refractivity contribution in [1.29, 1.82) is 5.26 Å². The van der Waals surface area contributed by atoms with Crippen molar-refractivity contribution in [1.82, 2.24) is 16.4 Å². The minimum atomic E-state index is -0.458. The van der Waals surface area contributed by atoms with E-state index >= 15 is 0 Å². The second-order valence-corrected chi connectivity index (χ2v) is 3.35. The molecule has 1 aromatic carbocycles. The zero-order valence-electron chi connectivity index (χ0n) is 8.18. The Morgan fingerprint density at radius 2 is 2.25 bits per heavy atom. The van der Waals surface area contributed by atoms with Gasteiger partial charge in [0.05, 0.1) is 17.0 Å². The van der Waals surface area contributed by atoms with Gasteiger partial charge in [0.15, 0.2) is 0 Å². The molecular weight excluding hydrogens is 210 g/mol. The molecule has 1 aromatic rings. The van der Waals surface area contributed by atoms with Crippen LogP contribution in [0.2, 0.25) is 0 Å². The predicted octanol–water partition coefficient (Wildman–Crippen LogP) is 0.140. The third-order valence-corrected chi connectivity index (χ3v) is 2.37. The van der Waals surface area contributed by atoms with E-state index in [1.165, 1.54) is 12.1 Å². The van der Waals surface area contributed by atoms with Crippen LogP contribution in [0.5, 0.6) is 0 Å². The molecule has 82 valence electrons. The molecule has 7 nitrogen and oxygen atoms in total. The summed E-state index contributed by atoms with van der Waals surface area (Å²) in [7, 11) is 0. The molecule has 16 heavy (non-hydrogen) atoms. The fourth-order valence-corrected chi connectivity index (χ4v) is 1.58. The molecule has 0 amide bonds. The lowest BCUT2D eigenvalue weighted by Crippen LogP contribution is -2.32. The molecule has 0 radical (unpaired) electrons. The molecule has 1 fully saturated rings. The first kappa shape index (κ1) is 10.5. The molecule has 1 aliphatic rings. The Labute approximate surface area is 91.2 Å². The summed E-state index contributed by atoms with van der Waals surface area (Å²) in [6.07, 6.45) is 0. The molecule has 0 aliphatic carbocycles. The maximum atomic E-state index is 10.6. The first-order valence-corrected chi connectivity index (χ1v) is 4.62. The van der Waals surface area contributed by atoms with Crippen molar-refractivity contribution in [3.8, 4) is 6.07 Å². The van der Waals surface area contributed by atoms with E-state index < -0.39 is 11.0 Å². The van der Waals surface area contributed by atoms with E-state index in [1.54, 1.807) is 12.1 Å². The van der Waals surface area contributed by atoms with Crippen LogP contribution in [-0.2, 0) is 0 Å². The Bertz CT molecular complexity index is 455. The highest BCUT2D eigenvalue weighted by molar-refractivity contribution is 5.37. The molecule has 1 saturated heterocycles. The number of nitro groups is 1. The molecule has 2 unspecified atom stereocenters. The number of hydrogen-bond donors (Lipinski definition) is 3. The van der Waals surface area contributed by atoms with Crippen LogP contribution in [0.4, 0.5) is 5.69 Å². The predicted molar refractivity (Wildman–Crippen MR) is 54.6 cm³/mol. The second kappa shape index (κ2) is 4.24. The summed E-state index contributed by atoms with van der Waals surface area (Å²) in [5.41, 5.74) is 8.88. The maximum Gasteiger partial charge on any atom is 0.269 e. The Kier molecular flexibility index (Phi) is 2.78. The molecule has 2 rings (SSSR count). The minimum absolute atomic E-state index is 0.0166. The zero-order valence-corrected chi connectivity index (χ0v) is 8.18. The van der Waals surface area contributed by atoms with E-state index in [1.807, 2.05) is 0 Å². The normalized spacial score (nSPS) is 23.9. The first-order chi connectivity index (χ1) is 7.72. The fourth-order valence-electron chi connectivity index (χ4n) is 1.58. The van der Waals surface area contributed by atoms with Crippen molar-refractivity contribution in [2.75, 3.05) is 0 Å². The van der Waals surface area contributed by atoms with Crippen molar-refractivity contribution in [3.05, 3.63) is 39.9 Å². The number of nitro benzene ring substituents is 1. The van der Waals surface area contributed by atoms with Crippen molar-refractivity contribution in [2.24, 2.45) is 0 Å². The van der Waals surface area contributed by atoms with E-state index in [0.717, 1.165) is 0 Å². The van der Waals surface area contributed by atoms with Gasteiger partial charge in [-0.15, -0.1) is 0 Å². The summed E-state index contributed by atoms with van der Waals surface area (Å²) in [6, 6.07) is 7.51. The highest BCUT2D eigenvalue weighted by atomic mass is 16.6. The molecule has 0 aromatic heterocycles. The molecule has 1 aliphatic heterocycles. The molecule has 0 saturated carbocycles. The van der Waals surface area contributed by atoms with E-state index in [2.05, 4.69) is 22.5 Å². The summed E-state index contributed by atoms with van der Waals surface area (Å²) >= 11 is 0. The molecule has 0 bridgehead atoms.